The predicted octanol–water partition coefficient (Wildman–Crippen LogP) is 5.14. The zero-order valence-electron chi connectivity index (χ0n) is 18.8. The molecule has 0 unspecified atom stereocenters. The Balaban J connectivity index is 1.39. The minimum absolute atomic E-state index is 0.154. The molecule has 4 amide bonds. The third-order valence-corrected chi connectivity index (χ3v) is 6.36. The van der Waals surface area contributed by atoms with Gasteiger partial charge in [-0.05, 0) is 60.3 Å². The van der Waals surface area contributed by atoms with E-state index in [1.165, 1.54) is 6.08 Å². The number of carbonyl (C=O) groups is 4. The largest absolute Gasteiger partial charge is 0.483 e. The van der Waals surface area contributed by atoms with Crippen LogP contribution in [0.2, 0.25) is 0 Å². The molecule has 36 heavy (non-hydrogen) atoms. The Bertz CT molecular complexity index is 1330. The molecule has 1 aliphatic heterocycles. The van der Waals surface area contributed by atoms with E-state index in [2.05, 4.69) is 26.6 Å². The topological polar surface area (TPSA) is 105 Å². The molecule has 10 heteroatoms. The van der Waals surface area contributed by atoms with Crippen molar-refractivity contribution in [3.63, 3.8) is 0 Å². The molecule has 182 valence electrons. The molecule has 1 saturated heterocycles. The van der Waals surface area contributed by atoms with Gasteiger partial charge >= 0.3 is 0 Å². The summed E-state index contributed by atoms with van der Waals surface area (Å²) in [6, 6.07) is 22.8. The number of imide groups is 1. The van der Waals surface area contributed by atoms with Crippen molar-refractivity contribution < 1.29 is 23.9 Å². The predicted molar refractivity (Wildman–Crippen MR) is 142 cm³/mol. The number of nitrogens with one attached hydrogen (secondary N) is 2. The molecule has 8 nitrogen and oxygen atoms in total. The van der Waals surface area contributed by atoms with E-state index < -0.39 is 23.6 Å². The molecule has 0 radical (unpaired) electrons. The van der Waals surface area contributed by atoms with Crippen LogP contribution in [-0.4, -0.2) is 41.0 Å². The van der Waals surface area contributed by atoms with Crippen LogP contribution in [0.15, 0.2) is 88.2 Å². The molecule has 1 aliphatic rings. The molecule has 1 fully saturated rings. The average Bonchev–Trinajstić information content (AvgIpc) is 3.13. The number of hydrogen-bond acceptors (Lipinski definition) is 6. The molecule has 0 spiro atoms. The quantitative estimate of drug-likeness (QED) is 0.366. The summed E-state index contributed by atoms with van der Waals surface area (Å²) in [6.45, 7) is -0.646. The monoisotopic (exact) mass is 565 g/mol. The maximum Gasteiger partial charge on any atom is 0.294 e. The lowest BCUT2D eigenvalue weighted by Gasteiger charge is -2.12. The standard InChI is InChI=1S/C26H20BrN3O5S/c27-18-10-12-20(13-11-18)28-23(31)15-30-25(33)22(36-26(30)34)14-17-6-4-5-9-21(17)35-16-24(32)29-19-7-2-1-3-8-19/h1-14H,15-16H2,(H,28,31)(H,29,32)/b22-14+. The van der Waals surface area contributed by atoms with Gasteiger partial charge in [-0.1, -0.05) is 52.3 Å². The first-order chi connectivity index (χ1) is 17.4. The third-order valence-electron chi connectivity index (χ3n) is 4.93. The SMILES string of the molecule is O=C(COc1ccccc1/C=C1/SC(=O)N(CC(=O)Nc2ccc(Br)cc2)C1=O)Nc1ccccc1. The number of carbonyl (C=O) groups excluding carboxylic acids is 4. The Morgan fingerprint density at radius 2 is 1.50 bits per heavy atom. The number of nitrogens with zero attached hydrogens (tertiary/aromatic N) is 1. The normalized spacial score (nSPS) is 14.1. The van der Waals surface area contributed by atoms with Crippen molar-refractivity contribution >= 4 is 68.1 Å². The summed E-state index contributed by atoms with van der Waals surface area (Å²) in [5.41, 5.74) is 1.72. The molecule has 1 heterocycles. The fourth-order valence-electron chi connectivity index (χ4n) is 3.25. The van der Waals surface area contributed by atoms with Crippen LogP contribution in [0, 0.1) is 0 Å². The zero-order chi connectivity index (χ0) is 25.5. The minimum atomic E-state index is -0.576. The number of rotatable bonds is 8. The van der Waals surface area contributed by atoms with E-state index >= 15 is 0 Å². The van der Waals surface area contributed by atoms with E-state index in [0.29, 0.717) is 22.7 Å². The molecular formula is C26H20BrN3O5S. The van der Waals surface area contributed by atoms with Gasteiger partial charge in [0.2, 0.25) is 5.91 Å². The van der Waals surface area contributed by atoms with Crippen LogP contribution >= 0.6 is 27.7 Å². The highest BCUT2D eigenvalue weighted by Crippen LogP contribution is 2.34. The Morgan fingerprint density at radius 3 is 2.25 bits per heavy atom. The first-order valence-corrected chi connectivity index (χ1v) is 12.4. The van der Waals surface area contributed by atoms with Crippen LogP contribution in [-0.2, 0) is 14.4 Å². The van der Waals surface area contributed by atoms with E-state index in [0.717, 1.165) is 21.1 Å². The Hall–Kier alpha value is -3.89. The minimum Gasteiger partial charge on any atom is -0.483 e. The zero-order valence-corrected chi connectivity index (χ0v) is 21.2. The number of hydrogen-bond donors (Lipinski definition) is 2. The van der Waals surface area contributed by atoms with E-state index in [9.17, 15) is 19.2 Å². The highest BCUT2D eigenvalue weighted by molar-refractivity contribution is 9.10. The van der Waals surface area contributed by atoms with Crippen LogP contribution in [0.3, 0.4) is 0 Å². The summed E-state index contributed by atoms with van der Waals surface area (Å²) in [5, 5.41) is 4.85. The highest BCUT2D eigenvalue weighted by Gasteiger charge is 2.36. The summed E-state index contributed by atoms with van der Waals surface area (Å²) in [4.78, 5) is 51.0. The highest BCUT2D eigenvalue weighted by atomic mass is 79.9. The molecule has 3 aromatic carbocycles. The van der Waals surface area contributed by atoms with Crippen LogP contribution in [0.25, 0.3) is 6.08 Å². The van der Waals surface area contributed by atoms with Crippen LogP contribution in [0.5, 0.6) is 5.75 Å². The summed E-state index contributed by atoms with van der Waals surface area (Å²) in [6.07, 6.45) is 1.52. The maximum atomic E-state index is 12.9. The van der Waals surface area contributed by atoms with Crippen molar-refractivity contribution in [2.24, 2.45) is 0 Å². The van der Waals surface area contributed by atoms with E-state index in [-0.39, 0.29) is 17.4 Å². The molecule has 2 N–H and O–H groups in total. The number of thioether (sulfide) groups is 1. The van der Waals surface area contributed by atoms with Gasteiger partial charge in [0.25, 0.3) is 17.1 Å². The fraction of sp³-hybridized carbons (Fsp3) is 0.0769. The van der Waals surface area contributed by atoms with E-state index in [1.54, 1.807) is 60.7 Å². The fourth-order valence-corrected chi connectivity index (χ4v) is 4.34. The number of halogens is 1. The summed E-state index contributed by atoms with van der Waals surface area (Å²) >= 11 is 4.06. The van der Waals surface area contributed by atoms with Crippen molar-refractivity contribution in [3.05, 3.63) is 93.8 Å². The number of amides is 4. The molecule has 0 atom stereocenters. The molecule has 0 saturated carbocycles. The number of ether oxygens (including phenoxy) is 1. The summed E-state index contributed by atoms with van der Waals surface area (Å²) < 4.78 is 6.53. The smallest absolute Gasteiger partial charge is 0.294 e. The number of para-hydroxylation sites is 2. The number of benzene rings is 3. The summed E-state index contributed by atoms with van der Waals surface area (Å²) in [5.74, 6) is -1.03. The first kappa shape index (κ1) is 25.2. The van der Waals surface area contributed by atoms with Crippen molar-refractivity contribution in [2.45, 2.75) is 0 Å². The van der Waals surface area contributed by atoms with Gasteiger partial charge in [0.1, 0.15) is 12.3 Å². The van der Waals surface area contributed by atoms with Gasteiger partial charge in [-0.15, -0.1) is 0 Å². The third kappa shape index (κ3) is 6.61. The molecule has 0 bridgehead atoms. The van der Waals surface area contributed by atoms with Gasteiger partial charge in [-0.25, -0.2) is 0 Å². The van der Waals surface area contributed by atoms with Gasteiger partial charge in [-0.2, -0.15) is 0 Å². The average molecular weight is 566 g/mol. The Labute approximate surface area is 219 Å². The summed E-state index contributed by atoms with van der Waals surface area (Å²) in [7, 11) is 0. The Morgan fingerprint density at radius 1 is 0.861 bits per heavy atom. The molecule has 4 rings (SSSR count). The van der Waals surface area contributed by atoms with Crippen LogP contribution < -0.4 is 15.4 Å². The lowest BCUT2D eigenvalue weighted by atomic mass is 10.2. The lowest BCUT2D eigenvalue weighted by Crippen LogP contribution is -2.36. The Kier molecular flexibility index (Phi) is 8.19. The van der Waals surface area contributed by atoms with E-state index in [1.807, 2.05) is 18.2 Å². The van der Waals surface area contributed by atoms with E-state index in [4.69, 9.17) is 4.74 Å². The lowest BCUT2D eigenvalue weighted by molar-refractivity contribution is -0.127. The van der Waals surface area contributed by atoms with Crippen LogP contribution in [0.1, 0.15) is 5.56 Å². The molecule has 3 aromatic rings. The maximum absolute atomic E-state index is 12.9. The molecular weight excluding hydrogens is 546 g/mol. The second-order valence-electron chi connectivity index (χ2n) is 7.56. The second-order valence-corrected chi connectivity index (χ2v) is 9.47. The first-order valence-electron chi connectivity index (χ1n) is 10.8. The van der Waals surface area contributed by atoms with Crippen molar-refractivity contribution in [1.82, 2.24) is 4.90 Å². The van der Waals surface area contributed by atoms with Crippen molar-refractivity contribution in [1.29, 1.82) is 0 Å². The van der Waals surface area contributed by atoms with Crippen molar-refractivity contribution in [2.75, 3.05) is 23.8 Å². The van der Waals surface area contributed by atoms with Gasteiger partial charge in [0.15, 0.2) is 6.61 Å². The second kappa shape index (κ2) is 11.7. The van der Waals surface area contributed by atoms with Gasteiger partial charge in [0, 0.05) is 21.4 Å². The van der Waals surface area contributed by atoms with Gasteiger partial charge < -0.3 is 15.4 Å². The van der Waals surface area contributed by atoms with Crippen molar-refractivity contribution in [3.8, 4) is 5.75 Å². The molecule has 0 aliphatic carbocycles. The van der Waals surface area contributed by atoms with Crippen LogP contribution in [0.4, 0.5) is 16.2 Å². The van der Waals surface area contributed by atoms with Gasteiger partial charge in [0.05, 0.1) is 4.91 Å². The van der Waals surface area contributed by atoms with Gasteiger partial charge in [-0.3, -0.25) is 24.1 Å². The molecule has 0 aromatic heterocycles. The number of anilines is 2.